The number of hydrazine groups is 1. The Labute approximate surface area is 109 Å². The van der Waals surface area contributed by atoms with Crippen LogP contribution in [0.15, 0.2) is 24.4 Å². The number of rotatable bonds is 1. The SMILES string of the molecule is CN1C=C(c2ccc3c(c2)CCCCN3C)CN1. The first-order chi connectivity index (χ1) is 8.74. The Morgan fingerprint density at radius 1 is 1.17 bits per heavy atom. The number of aryl methyl sites for hydroxylation is 1. The van der Waals surface area contributed by atoms with Gasteiger partial charge in [0.15, 0.2) is 0 Å². The molecule has 96 valence electrons. The number of hydrogen-bond donors (Lipinski definition) is 1. The minimum atomic E-state index is 0.936. The van der Waals surface area contributed by atoms with Crippen molar-refractivity contribution in [3.8, 4) is 0 Å². The van der Waals surface area contributed by atoms with Crippen LogP contribution in [0.4, 0.5) is 5.69 Å². The molecule has 2 heterocycles. The Morgan fingerprint density at radius 2 is 2.06 bits per heavy atom. The third-order valence-corrected chi connectivity index (χ3v) is 3.92. The van der Waals surface area contributed by atoms with E-state index in [1.54, 1.807) is 0 Å². The highest BCUT2D eigenvalue weighted by atomic mass is 15.5. The number of fused-ring (bicyclic) bond motifs is 1. The van der Waals surface area contributed by atoms with E-state index in [0.29, 0.717) is 0 Å². The van der Waals surface area contributed by atoms with Crippen molar-refractivity contribution in [2.45, 2.75) is 19.3 Å². The molecule has 0 spiro atoms. The van der Waals surface area contributed by atoms with E-state index < -0.39 is 0 Å². The van der Waals surface area contributed by atoms with Crippen molar-refractivity contribution >= 4 is 11.3 Å². The zero-order chi connectivity index (χ0) is 12.5. The van der Waals surface area contributed by atoms with Crippen LogP contribution < -0.4 is 10.3 Å². The summed E-state index contributed by atoms with van der Waals surface area (Å²) in [6.45, 7) is 2.12. The molecule has 0 atom stereocenters. The second-order valence-corrected chi connectivity index (χ2v) is 5.32. The maximum Gasteiger partial charge on any atom is 0.0421 e. The van der Waals surface area contributed by atoms with Crippen LogP contribution in [0.5, 0.6) is 0 Å². The molecule has 0 aromatic heterocycles. The smallest absolute Gasteiger partial charge is 0.0421 e. The number of nitrogens with zero attached hydrogens (tertiary/aromatic N) is 2. The summed E-state index contributed by atoms with van der Waals surface area (Å²) in [4.78, 5) is 2.39. The molecule has 0 bridgehead atoms. The lowest BCUT2D eigenvalue weighted by atomic mass is 10.00. The summed E-state index contributed by atoms with van der Waals surface area (Å²) >= 11 is 0. The van der Waals surface area contributed by atoms with Crippen LogP contribution in [-0.2, 0) is 6.42 Å². The van der Waals surface area contributed by atoms with Crippen molar-refractivity contribution in [3.63, 3.8) is 0 Å². The van der Waals surface area contributed by atoms with E-state index in [1.165, 1.54) is 48.2 Å². The third kappa shape index (κ3) is 2.10. The molecule has 2 aliphatic heterocycles. The molecule has 1 aromatic carbocycles. The van der Waals surface area contributed by atoms with Gasteiger partial charge in [-0.05, 0) is 48.1 Å². The van der Waals surface area contributed by atoms with E-state index in [0.717, 1.165) is 6.54 Å². The Hall–Kier alpha value is -1.48. The van der Waals surface area contributed by atoms with Crippen LogP contribution >= 0.6 is 0 Å². The van der Waals surface area contributed by atoms with E-state index in [4.69, 9.17) is 0 Å². The normalized spacial score (nSPS) is 19.6. The van der Waals surface area contributed by atoms with Crippen LogP contribution in [0.25, 0.3) is 5.57 Å². The van der Waals surface area contributed by atoms with Crippen molar-refractivity contribution < 1.29 is 0 Å². The van der Waals surface area contributed by atoms with E-state index in [9.17, 15) is 0 Å². The van der Waals surface area contributed by atoms with Gasteiger partial charge in [-0.1, -0.05) is 6.07 Å². The Balaban J connectivity index is 1.95. The Bertz CT molecular complexity index is 479. The summed E-state index contributed by atoms with van der Waals surface area (Å²) in [5.74, 6) is 0. The van der Waals surface area contributed by atoms with Gasteiger partial charge in [-0.25, -0.2) is 5.43 Å². The summed E-state index contributed by atoms with van der Waals surface area (Å²) in [7, 11) is 4.25. The minimum Gasteiger partial charge on any atom is -0.374 e. The summed E-state index contributed by atoms with van der Waals surface area (Å²) in [5, 5.41) is 2.03. The molecule has 0 fully saturated rings. The number of benzene rings is 1. The van der Waals surface area contributed by atoms with Crippen molar-refractivity contribution in [3.05, 3.63) is 35.5 Å². The van der Waals surface area contributed by atoms with E-state index in [-0.39, 0.29) is 0 Å². The predicted octanol–water partition coefficient (Wildman–Crippen LogP) is 2.25. The quantitative estimate of drug-likeness (QED) is 0.816. The highest BCUT2D eigenvalue weighted by molar-refractivity contribution is 5.71. The maximum atomic E-state index is 3.30. The molecule has 2 aliphatic rings. The van der Waals surface area contributed by atoms with Gasteiger partial charge >= 0.3 is 0 Å². The fraction of sp³-hybridized carbons (Fsp3) is 0.467. The maximum absolute atomic E-state index is 3.30. The monoisotopic (exact) mass is 243 g/mol. The van der Waals surface area contributed by atoms with Crippen LogP contribution in [0.3, 0.4) is 0 Å². The van der Waals surface area contributed by atoms with Crippen molar-refractivity contribution in [2.24, 2.45) is 0 Å². The third-order valence-electron chi connectivity index (χ3n) is 3.92. The van der Waals surface area contributed by atoms with E-state index in [1.807, 2.05) is 12.1 Å². The zero-order valence-corrected chi connectivity index (χ0v) is 11.2. The molecule has 0 saturated carbocycles. The molecule has 3 heteroatoms. The predicted molar refractivity (Wildman–Crippen MR) is 76.4 cm³/mol. The van der Waals surface area contributed by atoms with Gasteiger partial charge in [-0.2, -0.15) is 0 Å². The molecular formula is C15H21N3. The number of hydrogen-bond acceptors (Lipinski definition) is 3. The largest absolute Gasteiger partial charge is 0.374 e. The Morgan fingerprint density at radius 3 is 2.83 bits per heavy atom. The van der Waals surface area contributed by atoms with Gasteiger partial charge in [0.05, 0.1) is 0 Å². The van der Waals surface area contributed by atoms with Gasteiger partial charge in [0.1, 0.15) is 0 Å². The highest BCUT2D eigenvalue weighted by Gasteiger charge is 2.15. The molecule has 0 aliphatic carbocycles. The van der Waals surface area contributed by atoms with Crippen molar-refractivity contribution in [2.75, 3.05) is 32.1 Å². The second-order valence-electron chi connectivity index (χ2n) is 5.32. The first-order valence-electron chi connectivity index (χ1n) is 6.75. The van der Waals surface area contributed by atoms with Gasteiger partial charge in [0.25, 0.3) is 0 Å². The zero-order valence-electron chi connectivity index (χ0n) is 11.2. The minimum absolute atomic E-state index is 0.936. The lowest BCUT2D eigenvalue weighted by Gasteiger charge is -2.19. The molecule has 1 aromatic rings. The van der Waals surface area contributed by atoms with Crippen LogP contribution in [-0.4, -0.2) is 32.2 Å². The van der Waals surface area contributed by atoms with Gasteiger partial charge in [0.2, 0.25) is 0 Å². The summed E-state index contributed by atoms with van der Waals surface area (Å²) in [6.07, 6.45) is 6.00. The summed E-state index contributed by atoms with van der Waals surface area (Å²) in [6, 6.07) is 6.92. The van der Waals surface area contributed by atoms with Crippen LogP contribution in [0.1, 0.15) is 24.0 Å². The molecule has 3 nitrogen and oxygen atoms in total. The topological polar surface area (TPSA) is 18.5 Å². The fourth-order valence-electron chi connectivity index (χ4n) is 2.85. The molecule has 0 unspecified atom stereocenters. The molecule has 1 N–H and O–H groups in total. The molecule has 18 heavy (non-hydrogen) atoms. The average Bonchev–Trinajstić information content (AvgIpc) is 2.72. The standard InChI is InChI=1S/C15H21N3/c1-17-8-4-3-5-13-9-12(6-7-15(13)17)14-10-16-18(2)11-14/h6-7,9,11,16H,3-5,8,10H2,1-2H3. The van der Waals surface area contributed by atoms with Crippen LogP contribution in [0.2, 0.25) is 0 Å². The Kier molecular flexibility index (Phi) is 3.00. The van der Waals surface area contributed by atoms with Crippen molar-refractivity contribution in [1.82, 2.24) is 10.4 Å². The lowest BCUT2D eigenvalue weighted by Crippen LogP contribution is -2.23. The molecule has 0 radical (unpaired) electrons. The van der Waals surface area contributed by atoms with Crippen LogP contribution in [0, 0.1) is 0 Å². The van der Waals surface area contributed by atoms with Gasteiger partial charge in [0, 0.05) is 39.1 Å². The van der Waals surface area contributed by atoms with Gasteiger partial charge in [-0.15, -0.1) is 0 Å². The first kappa shape index (κ1) is 11.6. The van der Waals surface area contributed by atoms with E-state index in [2.05, 4.69) is 41.8 Å². The number of anilines is 1. The molecule has 0 amide bonds. The fourth-order valence-corrected chi connectivity index (χ4v) is 2.85. The highest BCUT2D eigenvalue weighted by Crippen LogP contribution is 2.29. The second kappa shape index (κ2) is 4.65. The van der Waals surface area contributed by atoms with E-state index >= 15 is 0 Å². The molecule has 3 rings (SSSR count). The first-order valence-corrected chi connectivity index (χ1v) is 6.75. The summed E-state index contributed by atoms with van der Waals surface area (Å²) in [5.41, 5.74) is 8.96. The number of nitrogens with one attached hydrogen (secondary N) is 1. The average molecular weight is 243 g/mol. The van der Waals surface area contributed by atoms with Gasteiger partial charge < -0.3 is 9.91 Å². The molecule has 0 saturated heterocycles. The molecular weight excluding hydrogens is 222 g/mol. The lowest BCUT2D eigenvalue weighted by molar-refractivity contribution is 0.374. The summed E-state index contributed by atoms with van der Waals surface area (Å²) < 4.78 is 0. The van der Waals surface area contributed by atoms with Crippen molar-refractivity contribution in [1.29, 1.82) is 0 Å². The van der Waals surface area contributed by atoms with Gasteiger partial charge in [-0.3, -0.25) is 0 Å².